The number of amides is 1. The number of carbonyl (C=O) groups is 1. The highest BCUT2D eigenvalue weighted by atomic mass is 32.2. The Morgan fingerprint density at radius 3 is 2.17 bits per heavy atom. The van der Waals surface area contributed by atoms with Gasteiger partial charge >= 0.3 is 0 Å². The Morgan fingerprint density at radius 2 is 1.83 bits per heavy atom. The Balaban J connectivity index is 2.37. The molecule has 1 aliphatic carbocycles. The van der Waals surface area contributed by atoms with Crippen molar-refractivity contribution in [2.24, 2.45) is 5.84 Å². The van der Waals surface area contributed by atoms with Crippen molar-refractivity contribution in [1.82, 2.24) is 5.43 Å². The van der Waals surface area contributed by atoms with Crippen molar-refractivity contribution in [3.05, 3.63) is 29.8 Å². The number of rotatable bonds is 3. The van der Waals surface area contributed by atoms with Crippen molar-refractivity contribution >= 4 is 15.7 Å². The molecule has 0 heterocycles. The average Bonchev–Trinajstić information content (AvgIpc) is 2.27. The highest BCUT2D eigenvalue weighted by Gasteiger charge is 2.45. The zero-order valence-corrected chi connectivity index (χ0v) is 11.0. The Bertz CT molecular complexity index is 559. The minimum absolute atomic E-state index is 0.208. The van der Waals surface area contributed by atoms with Gasteiger partial charge in [-0.2, -0.15) is 0 Å². The largest absolute Gasteiger partial charge is 0.293 e. The van der Waals surface area contributed by atoms with Gasteiger partial charge in [-0.05, 0) is 30.5 Å². The van der Waals surface area contributed by atoms with Gasteiger partial charge in [-0.1, -0.05) is 18.6 Å². The van der Waals surface area contributed by atoms with Crippen LogP contribution in [-0.4, -0.2) is 20.6 Å². The fourth-order valence-electron chi connectivity index (χ4n) is 2.34. The first-order valence-electron chi connectivity index (χ1n) is 5.72. The molecular weight excluding hydrogens is 252 g/mol. The summed E-state index contributed by atoms with van der Waals surface area (Å²) in [5, 5.41) is 0. The Hall–Kier alpha value is -1.40. The first-order valence-corrected chi connectivity index (χ1v) is 7.61. The van der Waals surface area contributed by atoms with Crippen LogP contribution in [0.3, 0.4) is 0 Å². The molecule has 18 heavy (non-hydrogen) atoms. The van der Waals surface area contributed by atoms with E-state index in [1.54, 1.807) is 12.1 Å². The summed E-state index contributed by atoms with van der Waals surface area (Å²) in [6.07, 6.45) is 3.62. The van der Waals surface area contributed by atoms with Crippen LogP contribution in [-0.2, 0) is 20.0 Å². The van der Waals surface area contributed by atoms with Crippen LogP contribution in [0.4, 0.5) is 0 Å². The maximum Gasteiger partial charge on any atom is 0.244 e. The van der Waals surface area contributed by atoms with Gasteiger partial charge in [-0.3, -0.25) is 10.2 Å². The topological polar surface area (TPSA) is 89.3 Å². The molecule has 0 atom stereocenters. The van der Waals surface area contributed by atoms with Gasteiger partial charge in [0, 0.05) is 6.26 Å². The summed E-state index contributed by atoms with van der Waals surface area (Å²) in [5.41, 5.74) is 2.44. The number of nitrogens with two attached hydrogens (primary N) is 1. The summed E-state index contributed by atoms with van der Waals surface area (Å²) >= 11 is 0. The van der Waals surface area contributed by atoms with E-state index >= 15 is 0 Å². The Kier molecular flexibility index (Phi) is 3.16. The normalized spacial score (nSPS) is 17.9. The smallest absolute Gasteiger partial charge is 0.244 e. The summed E-state index contributed by atoms with van der Waals surface area (Å²) in [6.45, 7) is 0. The lowest BCUT2D eigenvalue weighted by Gasteiger charge is -2.40. The first kappa shape index (κ1) is 13.0. The molecule has 1 saturated carbocycles. The van der Waals surface area contributed by atoms with E-state index < -0.39 is 15.3 Å². The highest BCUT2D eigenvalue weighted by molar-refractivity contribution is 7.90. The van der Waals surface area contributed by atoms with E-state index in [1.807, 2.05) is 0 Å². The summed E-state index contributed by atoms with van der Waals surface area (Å²) in [5.74, 6) is 5.00. The lowest BCUT2D eigenvalue weighted by atomic mass is 9.64. The summed E-state index contributed by atoms with van der Waals surface area (Å²) in [4.78, 5) is 12.1. The van der Waals surface area contributed by atoms with Crippen molar-refractivity contribution in [3.63, 3.8) is 0 Å². The van der Waals surface area contributed by atoms with Gasteiger partial charge in [0.05, 0.1) is 10.3 Å². The van der Waals surface area contributed by atoms with Gasteiger partial charge in [0.25, 0.3) is 0 Å². The van der Waals surface area contributed by atoms with Gasteiger partial charge in [0.15, 0.2) is 9.84 Å². The predicted molar refractivity (Wildman–Crippen MR) is 67.4 cm³/mol. The molecule has 2 rings (SSSR count). The van der Waals surface area contributed by atoms with Crippen LogP contribution in [0.2, 0.25) is 0 Å². The Labute approximate surface area is 106 Å². The minimum Gasteiger partial charge on any atom is -0.293 e. The third-order valence-electron chi connectivity index (χ3n) is 3.61. The van der Waals surface area contributed by atoms with Crippen LogP contribution in [0.1, 0.15) is 24.8 Å². The predicted octanol–water partition coefficient (Wildman–Crippen LogP) is 0.502. The third-order valence-corrected chi connectivity index (χ3v) is 4.74. The summed E-state index contributed by atoms with van der Waals surface area (Å²) in [7, 11) is -3.20. The molecule has 1 aromatic carbocycles. The first-order chi connectivity index (χ1) is 8.40. The van der Waals surface area contributed by atoms with Gasteiger partial charge in [-0.25, -0.2) is 14.3 Å². The molecular formula is C12H16N2O3S. The SMILES string of the molecule is CS(=O)(=O)c1ccc(C2(C(=O)NN)CCC2)cc1. The van der Waals surface area contributed by atoms with E-state index in [2.05, 4.69) is 5.43 Å². The van der Waals surface area contributed by atoms with Crippen LogP contribution in [0.25, 0.3) is 0 Å². The lowest BCUT2D eigenvalue weighted by Crippen LogP contribution is -2.51. The van der Waals surface area contributed by atoms with Crippen molar-refractivity contribution in [2.75, 3.05) is 6.26 Å². The number of carbonyl (C=O) groups excluding carboxylic acids is 1. The van der Waals surface area contributed by atoms with E-state index in [1.165, 1.54) is 12.1 Å². The van der Waals surface area contributed by atoms with E-state index in [0.29, 0.717) is 0 Å². The van der Waals surface area contributed by atoms with Crippen LogP contribution < -0.4 is 11.3 Å². The molecule has 0 aliphatic heterocycles. The molecule has 1 aromatic rings. The molecule has 5 nitrogen and oxygen atoms in total. The third kappa shape index (κ3) is 2.02. The molecule has 1 amide bonds. The monoisotopic (exact) mass is 268 g/mol. The molecule has 1 fully saturated rings. The van der Waals surface area contributed by atoms with Crippen LogP contribution in [0, 0.1) is 0 Å². The van der Waals surface area contributed by atoms with Crippen LogP contribution in [0.15, 0.2) is 29.2 Å². The fraction of sp³-hybridized carbons (Fsp3) is 0.417. The van der Waals surface area contributed by atoms with Gasteiger partial charge < -0.3 is 0 Å². The number of hydrazine groups is 1. The maximum absolute atomic E-state index is 11.8. The number of hydrogen-bond acceptors (Lipinski definition) is 4. The van der Waals surface area contributed by atoms with E-state index in [-0.39, 0.29) is 10.8 Å². The molecule has 3 N–H and O–H groups in total. The van der Waals surface area contributed by atoms with Gasteiger partial charge in [-0.15, -0.1) is 0 Å². The lowest BCUT2D eigenvalue weighted by molar-refractivity contribution is -0.130. The quantitative estimate of drug-likeness (QED) is 0.474. The standard InChI is InChI=1S/C12H16N2O3S/c1-18(16,17)10-5-3-9(4-6-10)12(7-2-8-12)11(15)14-13/h3-6H,2,7-8,13H2,1H3,(H,14,15). The zero-order valence-electron chi connectivity index (χ0n) is 10.1. The molecule has 6 heteroatoms. The van der Waals surface area contributed by atoms with E-state index in [9.17, 15) is 13.2 Å². The number of sulfone groups is 1. The molecule has 0 saturated heterocycles. The molecule has 0 radical (unpaired) electrons. The van der Waals surface area contributed by atoms with Crippen molar-refractivity contribution in [3.8, 4) is 0 Å². The average molecular weight is 268 g/mol. The fourth-order valence-corrected chi connectivity index (χ4v) is 2.97. The summed E-state index contributed by atoms with van der Waals surface area (Å²) < 4.78 is 22.7. The van der Waals surface area contributed by atoms with Gasteiger partial charge in [0.2, 0.25) is 5.91 Å². The molecule has 1 aliphatic rings. The summed E-state index contributed by atoms with van der Waals surface area (Å²) in [6, 6.07) is 6.47. The minimum atomic E-state index is -3.20. The second kappa shape index (κ2) is 4.37. The Morgan fingerprint density at radius 1 is 1.28 bits per heavy atom. The number of nitrogens with one attached hydrogen (secondary N) is 1. The molecule has 0 unspecified atom stereocenters. The molecule has 0 aromatic heterocycles. The highest BCUT2D eigenvalue weighted by Crippen LogP contribution is 2.43. The zero-order chi connectivity index (χ0) is 13.4. The van der Waals surface area contributed by atoms with Gasteiger partial charge in [0.1, 0.15) is 0 Å². The van der Waals surface area contributed by atoms with E-state index in [4.69, 9.17) is 5.84 Å². The maximum atomic E-state index is 11.8. The molecule has 98 valence electrons. The van der Waals surface area contributed by atoms with E-state index in [0.717, 1.165) is 31.1 Å². The number of benzene rings is 1. The second-order valence-electron chi connectivity index (χ2n) is 4.71. The molecule has 0 bridgehead atoms. The number of hydrogen-bond donors (Lipinski definition) is 2. The van der Waals surface area contributed by atoms with Crippen molar-refractivity contribution in [2.45, 2.75) is 29.6 Å². The van der Waals surface area contributed by atoms with Crippen molar-refractivity contribution in [1.29, 1.82) is 0 Å². The van der Waals surface area contributed by atoms with Crippen molar-refractivity contribution < 1.29 is 13.2 Å². The second-order valence-corrected chi connectivity index (χ2v) is 6.72. The van der Waals surface area contributed by atoms with Crippen LogP contribution in [0.5, 0.6) is 0 Å². The van der Waals surface area contributed by atoms with Crippen LogP contribution >= 0.6 is 0 Å². The molecule has 0 spiro atoms.